The summed E-state index contributed by atoms with van der Waals surface area (Å²) < 4.78 is 33.5. The van der Waals surface area contributed by atoms with Crippen LogP contribution in [0, 0.1) is 0 Å². The summed E-state index contributed by atoms with van der Waals surface area (Å²) in [7, 11) is 1.57. The fourth-order valence-electron chi connectivity index (χ4n) is 1.71. The zero-order valence-electron chi connectivity index (χ0n) is 11.8. The molecule has 9 heteroatoms. The number of aromatic nitrogens is 5. The molecule has 0 aliphatic heterocycles. The maximum atomic E-state index is 14.1. The van der Waals surface area contributed by atoms with Gasteiger partial charge in [0.2, 0.25) is 6.30 Å². The number of hydrogen-bond donors (Lipinski definition) is 1. The lowest BCUT2D eigenvalue weighted by Crippen LogP contribution is -2.26. The third-order valence-corrected chi connectivity index (χ3v) is 2.86. The number of nitrogens with zero attached hydrogens (tertiary/aromatic N) is 5. The van der Waals surface area contributed by atoms with Crippen LogP contribution in [0.5, 0.6) is 0 Å². The van der Waals surface area contributed by atoms with Gasteiger partial charge < -0.3 is 9.84 Å². The van der Waals surface area contributed by atoms with Gasteiger partial charge in [-0.15, -0.1) is 5.10 Å². The van der Waals surface area contributed by atoms with E-state index in [1.165, 1.54) is 12.3 Å². The Kier molecular flexibility index (Phi) is 5.61. The first-order chi connectivity index (χ1) is 10.6. The van der Waals surface area contributed by atoms with Gasteiger partial charge in [-0.3, -0.25) is 4.98 Å². The normalized spacial score (nSPS) is 15.8. The highest BCUT2D eigenvalue weighted by Gasteiger charge is 2.32. The molecule has 2 aromatic heterocycles. The summed E-state index contributed by atoms with van der Waals surface area (Å²) in [5.74, 6) is 0. The molecule has 118 valence electrons. The summed E-state index contributed by atoms with van der Waals surface area (Å²) in [4.78, 5) is 3.89. The predicted molar refractivity (Wildman–Crippen MR) is 73.0 cm³/mol. The van der Waals surface area contributed by atoms with E-state index in [4.69, 9.17) is 4.74 Å². The molecular weight excluding hydrogens is 296 g/mol. The fourth-order valence-corrected chi connectivity index (χ4v) is 1.71. The van der Waals surface area contributed by atoms with E-state index in [-0.39, 0.29) is 5.69 Å². The van der Waals surface area contributed by atoms with Crippen molar-refractivity contribution in [2.75, 3.05) is 13.7 Å². The highest BCUT2D eigenvalue weighted by Crippen LogP contribution is 2.27. The molecule has 2 heterocycles. The van der Waals surface area contributed by atoms with E-state index in [0.717, 1.165) is 11.9 Å². The molecule has 0 saturated carbocycles. The van der Waals surface area contributed by atoms with Gasteiger partial charge in [0.25, 0.3) is 0 Å². The highest BCUT2D eigenvalue weighted by molar-refractivity contribution is 5.47. The summed E-state index contributed by atoms with van der Waals surface area (Å²) in [6.07, 6.45) is -0.172. The third kappa shape index (κ3) is 3.89. The minimum Gasteiger partial charge on any atom is -0.385 e. The van der Waals surface area contributed by atoms with Gasteiger partial charge in [-0.1, -0.05) is 18.2 Å². The Morgan fingerprint density at radius 2 is 2.23 bits per heavy atom. The maximum Gasteiger partial charge on any atom is 0.224 e. The van der Waals surface area contributed by atoms with E-state index in [0.29, 0.717) is 11.3 Å². The average molecular weight is 311 g/mol. The van der Waals surface area contributed by atoms with Crippen molar-refractivity contribution in [1.82, 2.24) is 25.2 Å². The van der Waals surface area contributed by atoms with Crippen molar-refractivity contribution in [2.24, 2.45) is 0 Å². The van der Waals surface area contributed by atoms with Gasteiger partial charge in [0, 0.05) is 13.3 Å². The molecule has 0 fully saturated rings. The second-order valence-corrected chi connectivity index (χ2v) is 4.43. The monoisotopic (exact) mass is 311 g/mol. The first-order valence-corrected chi connectivity index (χ1v) is 6.43. The smallest absolute Gasteiger partial charge is 0.224 e. The SMILES string of the molecule is COCC=Cc1ccc(C(F)C(O)C(F)n2cnnn2)nc1. The molecule has 0 aliphatic carbocycles. The number of tetrazole rings is 1. The van der Waals surface area contributed by atoms with Crippen molar-refractivity contribution in [3.63, 3.8) is 0 Å². The van der Waals surface area contributed by atoms with Gasteiger partial charge in [0.05, 0.1) is 12.3 Å². The van der Waals surface area contributed by atoms with Crippen LogP contribution in [0.4, 0.5) is 8.78 Å². The molecule has 2 aromatic rings. The Morgan fingerprint density at radius 3 is 2.82 bits per heavy atom. The molecule has 0 amide bonds. The fraction of sp³-hybridized carbons (Fsp3) is 0.385. The summed E-state index contributed by atoms with van der Waals surface area (Å²) >= 11 is 0. The first kappa shape index (κ1) is 16.1. The van der Waals surface area contributed by atoms with E-state index in [9.17, 15) is 13.9 Å². The Bertz CT molecular complexity index is 591. The van der Waals surface area contributed by atoms with Crippen LogP contribution in [0.2, 0.25) is 0 Å². The first-order valence-electron chi connectivity index (χ1n) is 6.43. The minimum atomic E-state index is -2.10. The van der Waals surface area contributed by atoms with Crippen LogP contribution in [-0.2, 0) is 4.74 Å². The Morgan fingerprint density at radius 1 is 1.41 bits per heavy atom. The van der Waals surface area contributed by atoms with E-state index in [2.05, 4.69) is 20.5 Å². The number of ether oxygens (including phenoxy) is 1. The number of halogens is 2. The molecule has 0 aromatic carbocycles. The number of aliphatic hydroxyl groups excluding tert-OH is 1. The largest absolute Gasteiger partial charge is 0.385 e. The lowest BCUT2D eigenvalue weighted by Gasteiger charge is -2.18. The predicted octanol–water partition coefficient (Wildman–Crippen LogP) is 1.27. The lowest BCUT2D eigenvalue weighted by atomic mass is 10.1. The van der Waals surface area contributed by atoms with Crippen molar-refractivity contribution in [1.29, 1.82) is 0 Å². The lowest BCUT2D eigenvalue weighted by molar-refractivity contribution is -0.0294. The topological polar surface area (TPSA) is 86.0 Å². The van der Waals surface area contributed by atoms with Crippen molar-refractivity contribution in [2.45, 2.75) is 18.6 Å². The summed E-state index contributed by atoms with van der Waals surface area (Å²) in [6.45, 7) is 0.446. The molecule has 0 bridgehead atoms. The second-order valence-electron chi connectivity index (χ2n) is 4.43. The molecule has 0 aliphatic rings. The van der Waals surface area contributed by atoms with Crippen LogP contribution in [-0.4, -0.2) is 50.1 Å². The molecule has 3 atom stereocenters. The molecule has 7 nitrogen and oxygen atoms in total. The molecule has 1 N–H and O–H groups in total. The molecule has 3 unspecified atom stereocenters. The highest BCUT2D eigenvalue weighted by atomic mass is 19.1. The van der Waals surface area contributed by atoms with E-state index < -0.39 is 18.6 Å². The number of alkyl halides is 2. The maximum absolute atomic E-state index is 14.1. The Balaban J connectivity index is 2.04. The van der Waals surface area contributed by atoms with Crippen LogP contribution < -0.4 is 0 Å². The average Bonchev–Trinajstić information content (AvgIpc) is 3.08. The molecule has 0 spiro atoms. The Labute approximate surface area is 125 Å². The van der Waals surface area contributed by atoms with Crippen LogP contribution >= 0.6 is 0 Å². The zero-order valence-corrected chi connectivity index (χ0v) is 11.8. The second kappa shape index (κ2) is 7.66. The van der Waals surface area contributed by atoms with Gasteiger partial charge in [0.15, 0.2) is 6.17 Å². The quantitative estimate of drug-likeness (QED) is 0.828. The van der Waals surface area contributed by atoms with Crippen LogP contribution in [0.25, 0.3) is 6.08 Å². The van der Waals surface area contributed by atoms with Gasteiger partial charge in [0.1, 0.15) is 12.4 Å². The van der Waals surface area contributed by atoms with Crippen LogP contribution in [0.1, 0.15) is 23.7 Å². The summed E-state index contributed by atoms with van der Waals surface area (Å²) in [5, 5.41) is 19.5. The molecular formula is C13H15F2N5O2. The third-order valence-electron chi connectivity index (χ3n) is 2.86. The number of aliphatic hydroxyl groups is 1. The van der Waals surface area contributed by atoms with Crippen molar-refractivity contribution in [3.8, 4) is 0 Å². The molecule has 0 saturated heterocycles. The molecule has 2 rings (SSSR count). The zero-order chi connectivity index (χ0) is 15.9. The van der Waals surface area contributed by atoms with Crippen LogP contribution in [0.3, 0.4) is 0 Å². The Hall–Kier alpha value is -2.26. The van der Waals surface area contributed by atoms with Crippen molar-refractivity contribution >= 4 is 6.08 Å². The number of hydrogen-bond acceptors (Lipinski definition) is 6. The van der Waals surface area contributed by atoms with Crippen molar-refractivity contribution < 1.29 is 18.6 Å². The van der Waals surface area contributed by atoms with Gasteiger partial charge in [-0.2, -0.15) is 4.68 Å². The van der Waals surface area contributed by atoms with E-state index in [1.54, 1.807) is 25.3 Å². The number of pyridine rings is 1. The standard InChI is InChI=1S/C13H15F2N5O2/c1-22-6-2-3-9-4-5-10(16-7-9)11(14)12(21)13(15)20-8-17-18-19-20/h2-5,7-8,11-13,21H,6H2,1H3. The van der Waals surface area contributed by atoms with E-state index in [1.807, 2.05) is 0 Å². The molecule has 22 heavy (non-hydrogen) atoms. The van der Waals surface area contributed by atoms with Gasteiger partial charge >= 0.3 is 0 Å². The van der Waals surface area contributed by atoms with E-state index >= 15 is 0 Å². The van der Waals surface area contributed by atoms with Gasteiger partial charge in [-0.05, 0) is 22.1 Å². The number of methoxy groups -OCH3 is 1. The summed E-state index contributed by atoms with van der Waals surface area (Å²) in [5.41, 5.74) is 0.659. The number of rotatable bonds is 7. The molecule has 0 radical (unpaired) electrons. The summed E-state index contributed by atoms with van der Waals surface area (Å²) in [6, 6.07) is 2.99. The van der Waals surface area contributed by atoms with Crippen molar-refractivity contribution in [3.05, 3.63) is 42.0 Å². The van der Waals surface area contributed by atoms with Crippen LogP contribution in [0.15, 0.2) is 30.7 Å². The minimum absolute atomic E-state index is 0.0767. The van der Waals surface area contributed by atoms with Gasteiger partial charge in [-0.25, -0.2) is 8.78 Å².